The van der Waals surface area contributed by atoms with Gasteiger partial charge in [0.2, 0.25) is 0 Å². The molecule has 0 amide bonds. The van der Waals surface area contributed by atoms with Gasteiger partial charge in [-0.1, -0.05) is 11.6 Å². The summed E-state index contributed by atoms with van der Waals surface area (Å²) in [7, 11) is 1.64. The third-order valence-corrected chi connectivity index (χ3v) is 7.66. The zero-order chi connectivity index (χ0) is 29.2. The molecule has 42 heavy (non-hydrogen) atoms. The molecule has 3 aromatic heterocycles. The Morgan fingerprint density at radius 2 is 1.90 bits per heavy atom. The number of aliphatic hydroxyl groups is 2. The number of fused-ring (bicyclic) bond motifs is 3. The summed E-state index contributed by atoms with van der Waals surface area (Å²) >= 11 is 6.24. The zero-order valence-electron chi connectivity index (χ0n) is 23.0. The van der Waals surface area contributed by atoms with E-state index < -0.39 is 18.4 Å². The number of unbranched alkanes of at least 4 members (excludes halogenated alkanes) is 2. The number of nitrogen functional groups attached to an aromatic ring is 1. The largest absolute Gasteiger partial charge is 0.497 e. The number of aliphatic hydroxyl groups excluding tert-OH is 2. The molecule has 0 bridgehead atoms. The van der Waals surface area contributed by atoms with E-state index in [1.165, 1.54) is 0 Å². The van der Waals surface area contributed by atoms with Crippen LogP contribution in [-0.4, -0.2) is 73.8 Å². The molecule has 1 saturated heterocycles. The molecule has 1 aliphatic rings. The number of benzene rings is 2. The summed E-state index contributed by atoms with van der Waals surface area (Å²) in [6, 6.07) is 11.8. The number of hydrogen-bond donors (Lipinski definition) is 4. The van der Waals surface area contributed by atoms with Crippen molar-refractivity contribution >= 4 is 56.1 Å². The van der Waals surface area contributed by atoms with Crippen molar-refractivity contribution in [3.05, 3.63) is 47.7 Å². The number of imidazole rings is 1. The summed E-state index contributed by atoms with van der Waals surface area (Å²) in [5.41, 5.74) is 9.66. The molecule has 0 aliphatic carbocycles. The van der Waals surface area contributed by atoms with Gasteiger partial charge in [0.05, 0.1) is 49.5 Å². The van der Waals surface area contributed by atoms with E-state index >= 15 is 0 Å². The minimum Gasteiger partial charge on any atom is -0.497 e. The number of pyridine rings is 1. The second-order valence-electron chi connectivity index (χ2n) is 10.2. The summed E-state index contributed by atoms with van der Waals surface area (Å²) < 4.78 is 18.6. The Hall–Kier alpha value is -3.97. The molecule has 0 radical (unpaired) electrons. The van der Waals surface area contributed by atoms with Crippen molar-refractivity contribution in [3.8, 4) is 11.8 Å². The first-order chi connectivity index (χ1) is 20.4. The number of anilines is 2. The highest BCUT2D eigenvalue weighted by atomic mass is 35.5. The number of methoxy groups -OCH3 is 1. The first kappa shape index (κ1) is 28.2. The molecule has 3 atom stereocenters. The van der Waals surface area contributed by atoms with E-state index in [0.717, 1.165) is 59.0 Å². The van der Waals surface area contributed by atoms with Crippen LogP contribution in [0.2, 0.25) is 5.02 Å². The van der Waals surface area contributed by atoms with Crippen LogP contribution >= 0.6 is 11.6 Å². The minimum atomic E-state index is -0.778. The lowest BCUT2D eigenvalue weighted by atomic mass is 10.1. The molecule has 5 aromatic rings. The average molecular weight is 594 g/mol. The minimum absolute atomic E-state index is 0.154. The van der Waals surface area contributed by atoms with Crippen LogP contribution in [0.4, 0.5) is 11.5 Å². The van der Waals surface area contributed by atoms with Crippen LogP contribution in [0.1, 0.15) is 31.9 Å². The van der Waals surface area contributed by atoms with E-state index in [-0.39, 0.29) is 18.4 Å². The fourth-order valence-electron chi connectivity index (χ4n) is 5.24. The van der Waals surface area contributed by atoms with E-state index in [9.17, 15) is 10.2 Å². The van der Waals surface area contributed by atoms with Crippen LogP contribution in [0.5, 0.6) is 11.8 Å². The highest BCUT2D eigenvalue weighted by Crippen LogP contribution is 2.34. The SMILES string of the molecule is COc1ccc2c(NCCCCCOc3nc(N)c4ncn([C@H]5CC(O)[C@@H](CO)O5)c4n3)c3ccc(Cl)cc3nc2c1. The topological polar surface area (TPSA) is 163 Å². The summed E-state index contributed by atoms with van der Waals surface area (Å²) in [4.78, 5) is 17.8. The Balaban J connectivity index is 1.06. The van der Waals surface area contributed by atoms with Crippen molar-refractivity contribution in [2.75, 3.05) is 37.9 Å². The number of halogens is 1. The molecule has 12 nitrogen and oxygen atoms in total. The lowest BCUT2D eigenvalue weighted by Crippen LogP contribution is -2.24. The lowest BCUT2D eigenvalue weighted by molar-refractivity contribution is -0.0432. The number of nitrogens with one attached hydrogen (secondary N) is 1. The normalized spacial score (nSPS) is 18.7. The molecule has 6 rings (SSSR count). The van der Waals surface area contributed by atoms with Crippen molar-refractivity contribution in [2.45, 2.75) is 44.1 Å². The maximum Gasteiger partial charge on any atom is 0.320 e. The quantitative estimate of drug-likeness (QED) is 0.129. The van der Waals surface area contributed by atoms with Gasteiger partial charge in [0.1, 0.15) is 18.1 Å². The number of rotatable bonds is 11. The van der Waals surface area contributed by atoms with Gasteiger partial charge < -0.3 is 35.5 Å². The summed E-state index contributed by atoms with van der Waals surface area (Å²) in [5, 5.41) is 25.8. The second-order valence-corrected chi connectivity index (χ2v) is 10.6. The Morgan fingerprint density at radius 1 is 1.10 bits per heavy atom. The van der Waals surface area contributed by atoms with Crippen LogP contribution in [0.25, 0.3) is 33.0 Å². The fraction of sp³-hybridized carbons (Fsp3) is 0.379. The van der Waals surface area contributed by atoms with Crippen molar-refractivity contribution in [1.29, 1.82) is 0 Å². The monoisotopic (exact) mass is 593 g/mol. The van der Waals surface area contributed by atoms with E-state index in [0.29, 0.717) is 29.2 Å². The Morgan fingerprint density at radius 3 is 2.69 bits per heavy atom. The van der Waals surface area contributed by atoms with Crippen LogP contribution in [0.3, 0.4) is 0 Å². The highest BCUT2D eigenvalue weighted by molar-refractivity contribution is 6.31. The molecule has 4 heterocycles. The van der Waals surface area contributed by atoms with E-state index in [4.69, 9.17) is 36.5 Å². The van der Waals surface area contributed by atoms with Gasteiger partial charge in [-0.2, -0.15) is 9.97 Å². The maximum absolute atomic E-state index is 10.1. The van der Waals surface area contributed by atoms with Gasteiger partial charge in [0.25, 0.3) is 0 Å². The van der Waals surface area contributed by atoms with Gasteiger partial charge in [-0.05, 0) is 49.6 Å². The van der Waals surface area contributed by atoms with Gasteiger partial charge in [-0.25, -0.2) is 9.97 Å². The fourth-order valence-corrected chi connectivity index (χ4v) is 5.41. The van der Waals surface area contributed by atoms with Gasteiger partial charge in [-0.3, -0.25) is 4.57 Å². The van der Waals surface area contributed by atoms with Crippen molar-refractivity contribution in [3.63, 3.8) is 0 Å². The number of nitrogens with zero attached hydrogens (tertiary/aromatic N) is 5. The summed E-state index contributed by atoms with van der Waals surface area (Å²) in [6.45, 7) is 0.911. The smallest absolute Gasteiger partial charge is 0.320 e. The molecule has 0 spiro atoms. The number of ether oxygens (including phenoxy) is 3. The number of aromatic nitrogens is 5. The van der Waals surface area contributed by atoms with Gasteiger partial charge in [0.15, 0.2) is 17.0 Å². The molecule has 1 unspecified atom stereocenters. The standard InChI is InChI=1S/C29H32ClN7O5/c1-40-17-6-8-19-21(12-17)34-20-11-16(30)5-7-18(20)25(19)32-9-3-2-4-10-41-29-35-27(31)26-28(36-29)37(15-33-26)24-13-22(39)23(14-38)42-24/h5-8,11-12,15,22-24,38-39H,2-4,9-10,13-14H2,1H3,(H,32,34)(H2,31,35,36)/t22?,23-,24-/m1/s1. The van der Waals surface area contributed by atoms with E-state index in [2.05, 4.69) is 20.3 Å². The molecular weight excluding hydrogens is 562 g/mol. The van der Waals surface area contributed by atoms with Crippen molar-refractivity contribution < 1.29 is 24.4 Å². The molecular formula is C29H32ClN7O5. The number of hydrogen-bond acceptors (Lipinski definition) is 11. The van der Waals surface area contributed by atoms with Crippen LogP contribution in [-0.2, 0) is 4.74 Å². The molecule has 0 saturated carbocycles. The molecule has 220 valence electrons. The maximum atomic E-state index is 10.1. The Kier molecular flexibility index (Phi) is 8.11. The van der Waals surface area contributed by atoms with Gasteiger partial charge in [-0.15, -0.1) is 0 Å². The van der Waals surface area contributed by atoms with Gasteiger partial charge >= 0.3 is 6.01 Å². The third kappa shape index (κ3) is 5.58. The molecule has 1 fully saturated rings. The van der Waals surface area contributed by atoms with Crippen LogP contribution in [0.15, 0.2) is 42.7 Å². The first-order valence-electron chi connectivity index (χ1n) is 13.8. The highest BCUT2D eigenvalue weighted by Gasteiger charge is 2.35. The van der Waals surface area contributed by atoms with Crippen LogP contribution in [0, 0.1) is 0 Å². The second kappa shape index (κ2) is 12.1. The molecule has 2 aromatic carbocycles. The molecule has 1 aliphatic heterocycles. The van der Waals surface area contributed by atoms with Crippen molar-refractivity contribution in [2.24, 2.45) is 0 Å². The lowest BCUT2D eigenvalue weighted by Gasteiger charge is -2.14. The molecule has 5 N–H and O–H groups in total. The van der Waals surface area contributed by atoms with E-state index in [1.807, 2.05) is 36.4 Å². The van der Waals surface area contributed by atoms with E-state index in [1.54, 1.807) is 18.0 Å². The average Bonchev–Trinajstić information content (AvgIpc) is 3.58. The Labute approximate surface area is 246 Å². The van der Waals surface area contributed by atoms with Crippen molar-refractivity contribution in [1.82, 2.24) is 24.5 Å². The predicted molar refractivity (Wildman–Crippen MR) is 160 cm³/mol. The molecule has 13 heteroatoms. The summed E-state index contributed by atoms with van der Waals surface area (Å²) in [5.74, 6) is 0.948. The predicted octanol–water partition coefficient (Wildman–Crippen LogP) is 4.07. The Bertz CT molecular complexity index is 1730. The number of nitrogens with two attached hydrogens (primary N) is 1. The first-order valence-corrected chi connectivity index (χ1v) is 14.2. The third-order valence-electron chi connectivity index (χ3n) is 7.42. The van der Waals surface area contributed by atoms with Crippen LogP contribution < -0.4 is 20.5 Å². The van der Waals surface area contributed by atoms with Gasteiger partial charge in [0, 0.05) is 34.8 Å². The zero-order valence-corrected chi connectivity index (χ0v) is 23.8. The summed E-state index contributed by atoms with van der Waals surface area (Å²) in [6.07, 6.45) is 2.52.